The van der Waals surface area contributed by atoms with Crippen molar-refractivity contribution in [1.29, 1.82) is 0 Å². The summed E-state index contributed by atoms with van der Waals surface area (Å²) < 4.78 is 6.16. The molecule has 7 nitrogen and oxygen atoms in total. The molecule has 21 heavy (non-hydrogen) atoms. The molecule has 0 saturated heterocycles. The zero-order valence-corrected chi connectivity index (χ0v) is 12.2. The summed E-state index contributed by atoms with van der Waals surface area (Å²) in [6, 6.07) is 3.38. The minimum atomic E-state index is -0.374. The standard InChI is InChI=1S/C13H12N4O3S/c1-7-3-11(20-16-7)15-10(18)5-17-6-14-12-9(13(17)19)4-8(2)21-12/h3-4,6H,5H2,1-2H3,(H,15,18). The third-order valence-corrected chi connectivity index (χ3v) is 3.80. The Kier molecular flexibility index (Phi) is 3.30. The summed E-state index contributed by atoms with van der Waals surface area (Å²) >= 11 is 1.45. The molecule has 0 unspecified atom stereocenters. The molecule has 0 spiro atoms. The summed E-state index contributed by atoms with van der Waals surface area (Å²) in [6.07, 6.45) is 1.38. The lowest BCUT2D eigenvalue weighted by molar-refractivity contribution is -0.116. The quantitative estimate of drug-likeness (QED) is 0.795. The molecule has 3 heterocycles. The minimum absolute atomic E-state index is 0.129. The van der Waals surface area contributed by atoms with Crippen molar-refractivity contribution in [2.24, 2.45) is 0 Å². The molecule has 0 atom stereocenters. The largest absolute Gasteiger partial charge is 0.338 e. The molecule has 0 saturated carbocycles. The number of hydrogen-bond acceptors (Lipinski definition) is 6. The van der Waals surface area contributed by atoms with Crippen LogP contribution in [0.2, 0.25) is 0 Å². The van der Waals surface area contributed by atoms with E-state index in [1.807, 2.05) is 6.92 Å². The Balaban J connectivity index is 1.82. The number of fused-ring (bicyclic) bond motifs is 1. The molecule has 108 valence electrons. The fourth-order valence-electron chi connectivity index (χ4n) is 1.95. The molecule has 3 aromatic rings. The zero-order chi connectivity index (χ0) is 15.0. The molecule has 1 amide bonds. The lowest BCUT2D eigenvalue weighted by Crippen LogP contribution is -2.27. The van der Waals surface area contributed by atoms with Crippen molar-refractivity contribution in [3.05, 3.63) is 39.4 Å². The van der Waals surface area contributed by atoms with Gasteiger partial charge < -0.3 is 4.52 Å². The summed E-state index contributed by atoms with van der Waals surface area (Å²) in [5.74, 6) is -0.118. The molecular formula is C13H12N4O3S. The number of carbonyl (C=O) groups is 1. The van der Waals surface area contributed by atoms with Crippen LogP contribution in [0, 0.1) is 13.8 Å². The molecule has 0 aliphatic carbocycles. The molecule has 0 fully saturated rings. The number of carbonyl (C=O) groups excluding carboxylic acids is 1. The van der Waals surface area contributed by atoms with Crippen LogP contribution in [0.4, 0.5) is 5.88 Å². The predicted molar refractivity (Wildman–Crippen MR) is 78.5 cm³/mol. The van der Waals surface area contributed by atoms with E-state index in [0.717, 1.165) is 4.88 Å². The number of rotatable bonds is 3. The van der Waals surface area contributed by atoms with Crippen LogP contribution >= 0.6 is 11.3 Å². The lowest BCUT2D eigenvalue weighted by atomic mass is 10.3. The second kappa shape index (κ2) is 5.13. The van der Waals surface area contributed by atoms with Crippen LogP contribution in [-0.4, -0.2) is 20.6 Å². The first kappa shape index (κ1) is 13.5. The van der Waals surface area contributed by atoms with Crippen molar-refractivity contribution in [2.75, 3.05) is 5.32 Å². The zero-order valence-electron chi connectivity index (χ0n) is 11.4. The highest BCUT2D eigenvalue weighted by Gasteiger charge is 2.11. The Hall–Kier alpha value is -2.48. The van der Waals surface area contributed by atoms with Crippen molar-refractivity contribution in [3.8, 4) is 0 Å². The van der Waals surface area contributed by atoms with Crippen molar-refractivity contribution in [2.45, 2.75) is 20.4 Å². The normalized spacial score (nSPS) is 11.0. The fourth-order valence-corrected chi connectivity index (χ4v) is 2.78. The van der Waals surface area contributed by atoms with Crippen LogP contribution in [0.25, 0.3) is 10.2 Å². The first-order valence-electron chi connectivity index (χ1n) is 6.21. The number of aromatic nitrogens is 3. The molecule has 3 rings (SSSR count). The number of aryl methyl sites for hydroxylation is 2. The SMILES string of the molecule is Cc1cc(NC(=O)Cn2cnc3sc(C)cc3c2=O)on1. The van der Waals surface area contributed by atoms with E-state index in [9.17, 15) is 9.59 Å². The first-order valence-corrected chi connectivity index (χ1v) is 7.03. The Morgan fingerprint density at radius 3 is 2.95 bits per heavy atom. The van der Waals surface area contributed by atoms with E-state index in [0.29, 0.717) is 15.9 Å². The second-order valence-electron chi connectivity index (χ2n) is 4.63. The number of amides is 1. The van der Waals surface area contributed by atoms with E-state index in [1.54, 1.807) is 19.1 Å². The molecule has 8 heteroatoms. The third kappa shape index (κ3) is 2.70. The van der Waals surface area contributed by atoms with Crippen LogP contribution in [0.5, 0.6) is 0 Å². The number of nitrogens with zero attached hydrogens (tertiary/aromatic N) is 3. The van der Waals surface area contributed by atoms with E-state index in [1.165, 1.54) is 22.2 Å². The van der Waals surface area contributed by atoms with Gasteiger partial charge in [-0.2, -0.15) is 0 Å². The van der Waals surface area contributed by atoms with Crippen molar-refractivity contribution in [1.82, 2.24) is 14.7 Å². The van der Waals surface area contributed by atoms with Gasteiger partial charge in [-0.3, -0.25) is 19.5 Å². The fraction of sp³-hybridized carbons (Fsp3) is 0.231. The molecule has 1 N–H and O–H groups in total. The maximum atomic E-state index is 12.2. The van der Waals surface area contributed by atoms with Gasteiger partial charge in [-0.05, 0) is 19.9 Å². The lowest BCUT2D eigenvalue weighted by Gasteiger charge is -2.04. The van der Waals surface area contributed by atoms with Crippen LogP contribution in [0.1, 0.15) is 10.6 Å². The van der Waals surface area contributed by atoms with Crippen molar-refractivity contribution < 1.29 is 9.32 Å². The first-order chi connectivity index (χ1) is 10.0. The maximum Gasteiger partial charge on any atom is 0.262 e. The minimum Gasteiger partial charge on any atom is -0.338 e. The van der Waals surface area contributed by atoms with Gasteiger partial charge in [-0.25, -0.2) is 4.98 Å². The number of anilines is 1. The van der Waals surface area contributed by atoms with Gasteiger partial charge in [0.05, 0.1) is 17.4 Å². The van der Waals surface area contributed by atoms with E-state index >= 15 is 0 Å². The topological polar surface area (TPSA) is 90.0 Å². The van der Waals surface area contributed by atoms with Gasteiger partial charge in [0.2, 0.25) is 11.8 Å². The average molecular weight is 304 g/mol. The van der Waals surface area contributed by atoms with Gasteiger partial charge in [0.25, 0.3) is 5.56 Å². The maximum absolute atomic E-state index is 12.2. The van der Waals surface area contributed by atoms with Crippen molar-refractivity contribution in [3.63, 3.8) is 0 Å². The number of hydrogen-bond donors (Lipinski definition) is 1. The van der Waals surface area contributed by atoms with Crippen LogP contribution in [0.15, 0.2) is 27.8 Å². The van der Waals surface area contributed by atoms with Gasteiger partial charge in [0.1, 0.15) is 11.4 Å². The number of thiophene rings is 1. The van der Waals surface area contributed by atoms with E-state index < -0.39 is 0 Å². The Bertz CT molecular complexity index is 877. The molecule has 0 bridgehead atoms. The molecule has 0 aliphatic heterocycles. The summed E-state index contributed by atoms with van der Waals surface area (Å²) in [5.41, 5.74) is 0.438. The van der Waals surface area contributed by atoms with Gasteiger partial charge in [-0.1, -0.05) is 5.16 Å². The highest BCUT2D eigenvalue weighted by Crippen LogP contribution is 2.19. The van der Waals surface area contributed by atoms with Crippen molar-refractivity contribution >= 4 is 33.3 Å². The average Bonchev–Trinajstić information content (AvgIpc) is 2.99. The molecular weight excluding hydrogens is 292 g/mol. The highest BCUT2D eigenvalue weighted by molar-refractivity contribution is 7.18. The monoisotopic (exact) mass is 304 g/mol. The second-order valence-corrected chi connectivity index (χ2v) is 5.87. The van der Waals surface area contributed by atoms with Crippen LogP contribution in [0.3, 0.4) is 0 Å². The highest BCUT2D eigenvalue weighted by atomic mass is 32.1. The Morgan fingerprint density at radius 1 is 1.43 bits per heavy atom. The van der Waals surface area contributed by atoms with E-state index in [2.05, 4.69) is 15.5 Å². The molecule has 0 aromatic carbocycles. The Morgan fingerprint density at radius 2 is 2.24 bits per heavy atom. The molecule has 3 aromatic heterocycles. The van der Waals surface area contributed by atoms with E-state index in [4.69, 9.17) is 4.52 Å². The van der Waals surface area contributed by atoms with Gasteiger partial charge in [-0.15, -0.1) is 11.3 Å². The summed E-state index contributed by atoms with van der Waals surface area (Å²) in [6.45, 7) is 3.53. The predicted octanol–water partition coefficient (Wildman–Crippen LogP) is 1.70. The van der Waals surface area contributed by atoms with E-state index in [-0.39, 0.29) is 23.9 Å². The summed E-state index contributed by atoms with van der Waals surface area (Å²) in [4.78, 5) is 30.0. The van der Waals surface area contributed by atoms with Crippen LogP contribution in [-0.2, 0) is 11.3 Å². The Labute approximate surface area is 123 Å². The van der Waals surface area contributed by atoms with Gasteiger partial charge in [0, 0.05) is 10.9 Å². The third-order valence-electron chi connectivity index (χ3n) is 2.85. The number of nitrogens with one attached hydrogen (secondary N) is 1. The summed E-state index contributed by atoms with van der Waals surface area (Å²) in [5, 5.41) is 6.74. The van der Waals surface area contributed by atoms with Gasteiger partial charge >= 0.3 is 0 Å². The molecule has 0 aliphatic rings. The smallest absolute Gasteiger partial charge is 0.262 e. The van der Waals surface area contributed by atoms with Crippen LogP contribution < -0.4 is 10.9 Å². The summed E-state index contributed by atoms with van der Waals surface area (Å²) in [7, 11) is 0. The van der Waals surface area contributed by atoms with Gasteiger partial charge in [0.15, 0.2) is 0 Å². The molecule has 0 radical (unpaired) electrons.